The quantitative estimate of drug-likeness (QED) is 0.760. The van der Waals surface area contributed by atoms with E-state index < -0.39 is 0 Å². The Bertz CT molecular complexity index is 284. The van der Waals surface area contributed by atoms with Crippen molar-refractivity contribution in [1.82, 2.24) is 0 Å². The summed E-state index contributed by atoms with van der Waals surface area (Å²) in [7, 11) is 0. The summed E-state index contributed by atoms with van der Waals surface area (Å²) in [5, 5.41) is 0. The minimum Gasteiger partial charge on any atom is -0.381 e. The Morgan fingerprint density at radius 1 is 0.947 bits per heavy atom. The molecule has 0 aliphatic carbocycles. The highest BCUT2D eigenvalue weighted by molar-refractivity contribution is 4.88. The van der Waals surface area contributed by atoms with Gasteiger partial charge in [-0.15, -0.1) is 0 Å². The van der Waals surface area contributed by atoms with Gasteiger partial charge in [-0.25, -0.2) is 0 Å². The average molecular weight is 268 g/mol. The van der Waals surface area contributed by atoms with Crippen LogP contribution in [0.5, 0.6) is 0 Å². The smallest absolute Gasteiger partial charge is 0.0584 e. The Morgan fingerprint density at radius 2 is 1.58 bits per heavy atom. The molecule has 0 aromatic carbocycles. The van der Waals surface area contributed by atoms with Gasteiger partial charge in [-0.1, -0.05) is 34.6 Å². The standard InChI is InChI=1S/C17H32O2/c1-16(2,3)14-10-15(19-12-14)11-17(4,5)13-6-8-18-9-7-13/h13-15H,6-12H2,1-5H3. The van der Waals surface area contributed by atoms with Crippen LogP contribution in [0.25, 0.3) is 0 Å². The minimum absolute atomic E-state index is 0.386. The van der Waals surface area contributed by atoms with Crippen LogP contribution in [0.15, 0.2) is 0 Å². The van der Waals surface area contributed by atoms with Gasteiger partial charge >= 0.3 is 0 Å². The molecule has 2 heterocycles. The second kappa shape index (κ2) is 5.73. The fraction of sp³-hybridized carbons (Fsp3) is 1.00. The molecule has 2 fully saturated rings. The first-order chi connectivity index (χ1) is 8.79. The van der Waals surface area contributed by atoms with E-state index >= 15 is 0 Å². The van der Waals surface area contributed by atoms with Crippen LogP contribution in [0.3, 0.4) is 0 Å². The third-order valence-electron chi connectivity index (χ3n) is 5.39. The monoisotopic (exact) mass is 268 g/mol. The molecule has 2 heteroatoms. The first-order valence-corrected chi connectivity index (χ1v) is 7.98. The fourth-order valence-electron chi connectivity index (χ4n) is 3.68. The van der Waals surface area contributed by atoms with Crippen LogP contribution in [0.2, 0.25) is 0 Å². The van der Waals surface area contributed by atoms with Crippen LogP contribution < -0.4 is 0 Å². The molecule has 0 saturated carbocycles. The van der Waals surface area contributed by atoms with Crippen molar-refractivity contribution in [2.24, 2.45) is 22.7 Å². The first kappa shape index (κ1) is 15.3. The van der Waals surface area contributed by atoms with Gasteiger partial charge in [-0.2, -0.15) is 0 Å². The third kappa shape index (κ3) is 3.95. The van der Waals surface area contributed by atoms with Crippen molar-refractivity contribution in [1.29, 1.82) is 0 Å². The van der Waals surface area contributed by atoms with Crippen molar-refractivity contribution in [3.05, 3.63) is 0 Å². The van der Waals surface area contributed by atoms with E-state index in [1.807, 2.05) is 0 Å². The topological polar surface area (TPSA) is 18.5 Å². The maximum Gasteiger partial charge on any atom is 0.0584 e. The zero-order chi connectivity index (χ0) is 14.1. The normalized spacial score (nSPS) is 30.8. The molecule has 0 radical (unpaired) electrons. The Balaban J connectivity index is 1.87. The molecule has 0 aromatic heterocycles. The molecular formula is C17H32O2. The molecule has 2 atom stereocenters. The van der Waals surface area contributed by atoms with Crippen molar-refractivity contribution in [3.8, 4) is 0 Å². The van der Waals surface area contributed by atoms with Crippen molar-refractivity contribution >= 4 is 0 Å². The Kier molecular flexibility index (Phi) is 4.62. The van der Waals surface area contributed by atoms with Gasteiger partial charge in [-0.05, 0) is 48.3 Å². The molecule has 2 aliphatic rings. The van der Waals surface area contributed by atoms with Crippen molar-refractivity contribution in [3.63, 3.8) is 0 Å². The van der Waals surface area contributed by atoms with Crippen LogP contribution in [0.4, 0.5) is 0 Å². The van der Waals surface area contributed by atoms with Crippen molar-refractivity contribution in [2.75, 3.05) is 19.8 Å². The van der Waals surface area contributed by atoms with Crippen molar-refractivity contribution in [2.45, 2.75) is 66.4 Å². The lowest BCUT2D eigenvalue weighted by Crippen LogP contribution is -2.33. The molecular weight excluding hydrogens is 236 g/mol. The number of hydrogen-bond acceptors (Lipinski definition) is 2. The molecule has 2 nitrogen and oxygen atoms in total. The molecule has 0 aromatic rings. The van der Waals surface area contributed by atoms with E-state index in [2.05, 4.69) is 34.6 Å². The highest BCUT2D eigenvalue weighted by atomic mass is 16.5. The predicted octanol–water partition coefficient (Wildman–Crippen LogP) is 4.28. The second-order valence-corrected chi connectivity index (χ2v) is 8.33. The lowest BCUT2D eigenvalue weighted by atomic mass is 9.70. The van der Waals surface area contributed by atoms with E-state index in [-0.39, 0.29) is 0 Å². The van der Waals surface area contributed by atoms with Gasteiger partial charge in [0.15, 0.2) is 0 Å². The first-order valence-electron chi connectivity index (χ1n) is 7.98. The van der Waals surface area contributed by atoms with Gasteiger partial charge in [0, 0.05) is 13.2 Å². The summed E-state index contributed by atoms with van der Waals surface area (Å²) in [6.45, 7) is 14.7. The SMILES string of the molecule is CC(C)(C)C1COC(CC(C)(C)C2CCOCC2)C1. The van der Waals surface area contributed by atoms with Gasteiger partial charge in [0.25, 0.3) is 0 Å². The highest BCUT2D eigenvalue weighted by Gasteiger charge is 2.39. The summed E-state index contributed by atoms with van der Waals surface area (Å²) in [4.78, 5) is 0. The van der Waals surface area contributed by atoms with Gasteiger partial charge < -0.3 is 9.47 Å². The van der Waals surface area contributed by atoms with Gasteiger partial charge in [0.05, 0.1) is 12.7 Å². The maximum atomic E-state index is 6.09. The van der Waals surface area contributed by atoms with E-state index in [1.165, 1.54) is 25.7 Å². The van der Waals surface area contributed by atoms with Crippen LogP contribution in [-0.2, 0) is 9.47 Å². The molecule has 0 bridgehead atoms. The molecule has 2 rings (SSSR count). The van der Waals surface area contributed by atoms with Crippen LogP contribution in [0, 0.1) is 22.7 Å². The van der Waals surface area contributed by atoms with Gasteiger partial charge in [0.2, 0.25) is 0 Å². The van der Waals surface area contributed by atoms with Gasteiger partial charge in [-0.3, -0.25) is 0 Å². The Labute approximate surface area is 119 Å². The summed E-state index contributed by atoms with van der Waals surface area (Å²) in [5.41, 5.74) is 0.777. The summed E-state index contributed by atoms with van der Waals surface area (Å²) < 4.78 is 11.6. The van der Waals surface area contributed by atoms with Gasteiger partial charge in [0.1, 0.15) is 0 Å². The van der Waals surface area contributed by atoms with Crippen molar-refractivity contribution < 1.29 is 9.47 Å². The number of ether oxygens (including phenoxy) is 2. The Hall–Kier alpha value is -0.0800. The zero-order valence-corrected chi connectivity index (χ0v) is 13.5. The largest absolute Gasteiger partial charge is 0.381 e. The molecule has 2 unspecified atom stereocenters. The highest BCUT2D eigenvalue weighted by Crippen LogP contribution is 2.43. The number of hydrogen-bond donors (Lipinski definition) is 0. The van der Waals surface area contributed by atoms with Crippen LogP contribution in [0.1, 0.15) is 60.3 Å². The lowest BCUT2D eigenvalue weighted by molar-refractivity contribution is -0.00565. The number of rotatable bonds is 3. The summed E-state index contributed by atoms with van der Waals surface area (Å²) in [6.07, 6.45) is 5.38. The van der Waals surface area contributed by atoms with E-state index in [0.717, 1.165) is 31.7 Å². The molecule has 112 valence electrons. The summed E-state index contributed by atoms with van der Waals surface area (Å²) in [6, 6.07) is 0. The van der Waals surface area contributed by atoms with E-state index in [1.54, 1.807) is 0 Å². The van der Waals surface area contributed by atoms with E-state index in [0.29, 0.717) is 16.9 Å². The minimum atomic E-state index is 0.386. The fourth-order valence-corrected chi connectivity index (χ4v) is 3.68. The summed E-state index contributed by atoms with van der Waals surface area (Å²) >= 11 is 0. The molecule has 2 aliphatic heterocycles. The molecule has 2 saturated heterocycles. The average Bonchev–Trinajstić information content (AvgIpc) is 2.78. The third-order valence-corrected chi connectivity index (χ3v) is 5.39. The molecule has 0 spiro atoms. The maximum absolute atomic E-state index is 6.09. The van der Waals surface area contributed by atoms with E-state index in [9.17, 15) is 0 Å². The zero-order valence-electron chi connectivity index (χ0n) is 13.5. The molecule has 0 amide bonds. The predicted molar refractivity (Wildman–Crippen MR) is 79.2 cm³/mol. The summed E-state index contributed by atoms with van der Waals surface area (Å²) in [5.74, 6) is 1.53. The van der Waals surface area contributed by atoms with Crippen LogP contribution in [-0.4, -0.2) is 25.9 Å². The van der Waals surface area contributed by atoms with E-state index in [4.69, 9.17) is 9.47 Å². The lowest BCUT2D eigenvalue weighted by Gasteiger charge is -2.38. The molecule has 0 N–H and O–H groups in total. The second-order valence-electron chi connectivity index (χ2n) is 8.33. The molecule has 19 heavy (non-hydrogen) atoms. The van der Waals surface area contributed by atoms with Crippen LogP contribution >= 0.6 is 0 Å². The Morgan fingerprint density at radius 3 is 2.11 bits per heavy atom.